The predicted octanol–water partition coefficient (Wildman–Crippen LogP) is 2.62. The van der Waals surface area contributed by atoms with Gasteiger partial charge in [-0.25, -0.2) is 9.67 Å². The van der Waals surface area contributed by atoms with E-state index in [2.05, 4.69) is 58.5 Å². The van der Waals surface area contributed by atoms with Gasteiger partial charge in [0.25, 0.3) is 0 Å². The second-order valence-electron chi connectivity index (χ2n) is 6.50. The topological polar surface area (TPSA) is 49.7 Å². The van der Waals surface area contributed by atoms with Crippen molar-refractivity contribution in [3.05, 3.63) is 48.2 Å². The number of aromatic nitrogens is 4. The summed E-state index contributed by atoms with van der Waals surface area (Å²) in [6.45, 7) is 0.769. The van der Waals surface area contributed by atoms with Crippen molar-refractivity contribution in [1.29, 1.82) is 0 Å². The predicted molar refractivity (Wildman–Crippen MR) is 86.9 cm³/mol. The molecule has 2 aromatic heterocycles. The van der Waals surface area contributed by atoms with Crippen molar-refractivity contribution in [1.82, 2.24) is 24.6 Å². The molecule has 5 nitrogen and oxygen atoms in total. The lowest BCUT2D eigenvalue weighted by Crippen LogP contribution is -2.39. The summed E-state index contributed by atoms with van der Waals surface area (Å²) in [5, 5.41) is 5.55. The lowest BCUT2D eigenvalue weighted by molar-refractivity contribution is 0.167. The zero-order valence-electron chi connectivity index (χ0n) is 13.0. The number of aromatic amines is 1. The monoisotopic (exact) mass is 295 g/mol. The molecule has 1 fully saturated rings. The van der Waals surface area contributed by atoms with Crippen LogP contribution in [0.15, 0.2) is 37.1 Å². The maximum atomic E-state index is 4.19. The SMILES string of the molecule is CN(C)[C@H]1C[C@H](c2c[nH]c3ccc(Cn4cncn4)cc32)C1. The normalized spacial score (nSPS) is 21.4. The molecule has 3 aromatic rings. The Kier molecular flexibility index (Phi) is 3.22. The third-order valence-corrected chi connectivity index (χ3v) is 4.87. The molecule has 4 rings (SSSR count). The molecule has 22 heavy (non-hydrogen) atoms. The molecule has 1 aromatic carbocycles. The van der Waals surface area contributed by atoms with Gasteiger partial charge in [0.05, 0.1) is 6.54 Å². The van der Waals surface area contributed by atoms with Gasteiger partial charge in [0.2, 0.25) is 0 Å². The fourth-order valence-corrected chi connectivity index (χ4v) is 3.39. The highest BCUT2D eigenvalue weighted by atomic mass is 15.3. The third kappa shape index (κ3) is 2.31. The van der Waals surface area contributed by atoms with Crippen LogP contribution < -0.4 is 0 Å². The van der Waals surface area contributed by atoms with E-state index in [-0.39, 0.29) is 0 Å². The molecule has 114 valence electrons. The average molecular weight is 295 g/mol. The number of fused-ring (bicyclic) bond motifs is 1. The fourth-order valence-electron chi connectivity index (χ4n) is 3.39. The molecule has 1 N–H and O–H groups in total. The van der Waals surface area contributed by atoms with E-state index in [1.807, 2.05) is 4.68 Å². The van der Waals surface area contributed by atoms with Crippen molar-refractivity contribution in [2.75, 3.05) is 14.1 Å². The summed E-state index contributed by atoms with van der Waals surface area (Å²) in [6.07, 6.45) is 8.05. The molecule has 0 unspecified atom stereocenters. The Balaban J connectivity index is 1.60. The number of rotatable bonds is 4. The minimum absolute atomic E-state index is 0.683. The van der Waals surface area contributed by atoms with Crippen LogP contribution in [0.3, 0.4) is 0 Å². The maximum absolute atomic E-state index is 4.19. The number of benzene rings is 1. The Morgan fingerprint density at radius 3 is 2.91 bits per heavy atom. The Bertz CT molecular complexity index is 766. The van der Waals surface area contributed by atoms with Gasteiger partial charge in [-0.1, -0.05) is 6.07 Å². The van der Waals surface area contributed by atoms with Gasteiger partial charge in [0.15, 0.2) is 0 Å². The Morgan fingerprint density at radius 2 is 2.18 bits per heavy atom. The summed E-state index contributed by atoms with van der Waals surface area (Å²) in [4.78, 5) is 9.76. The minimum atomic E-state index is 0.683. The average Bonchev–Trinajstić information content (AvgIpc) is 3.07. The van der Waals surface area contributed by atoms with E-state index in [9.17, 15) is 0 Å². The van der Waals surface area contributed by atoms with Crippen molar-refractivity contribution in [3.8, 4) is 0 Å². The number of nitrogens with zero attached hydrogens (tertiary/aromatic N) is 4. The number of nitrogens with one attached hydrogen (secondary N) is 1. The third-order valence-electron chi connectivity index (χ3n) is 4.87. The number of H-pyrrole nitrogens is 1. The highest BCUT2D eigenvalue weighted by Crippen LogP contribution is 2.41. The van der Waals surface area contributed by atoms with Gasteiger partial charge >= 0.3 is 0 Å². The van der Waals surface area contributed by atoms with Crippen molar-refractivity contribution in [3.63, 3.8) is 0 Å². The van der Waals surface area contributed by atoms with Crippen molar-refractivity contribution in [2.45, 2.75) is 31.3 Å². The standard InChI is InChI=1S/C17H21N5/c1-21(2)14-6-13(7-14)16-8-19-17-4-3-12(5-15(16)17)9-22-11-18-10-20-22/h3-5,8,10-11,13-14,19H,6-7,9H2,1-2H3/t13-,14-. The summed E-state index contributed by atoms with van der Waals surface area (Å²) in [5.41, 5.74) is 3.96. The van der Waals surface area contributed by atoms with E-state index in [0.29, 0.717) is 5.92 Å². The first-order valence-corrected chi connectivity index (χ1v) is 7.79. The molecular formula is C17H21N5. The quantitative estimate of drug-likeness (QED) is 0.805. The van der Waals surface area contributed by atoms with Gasteiger partial charge in [-0.3, -0.25) is 0 Å². The van der Waals surface area contributed by atoms with Gasteiger partial charge in [0, 0.05) is 23.1 Å². The van der Waals surface area contributed by atoms with Crippen LogP contribution in [0.2, 0.25) is 0 Å². The maximum Gasteiger partial charge on any atom is 0.137 e. The second kappa shape index (κ2) is 5.25. The summed E-state index contributed by atoms with van der Waals surface area (Å²) < 4.78 is 1.86. The van der Waals surface area contributed by atoms with Crippen LogP contribution in [0.4, 0.5) is 0 Å². The first kappa shape index (κ1) is 13.5. The van der Waals surface area contributed by atoms with Crippen LogP contribution in [-0.4, -0.2) is 44.8 Å². The molecule has 1 aliphatic carbocycles. The van der Waals surface area contributed by atoms with E-state index in [0.717, 1.165) is 12.6 Å². The molecule has 0 aliphatic heterocycles. The van der Waals surface area contributed by atoms with Crippen LogP contribution >= 0.6 is 0 Å². The van der Waals surface area contributed by atoms with Crippen molar-refractivity contribution >= 4 is 10.9 Å². The van der Waals surface area contributed by atoms with Gasteiger partial charge in [-0.15, -0.1) is 0 Å². The minimum Gasteiger partial charge on any atom is -0.361 e. The Labute approximate surface area is 130 Å². The van der Waals surface area contributed by atoms with Crippen LogP contribution in [0.1, 0.15) is 29.9 Å². The molecular weight excluding hydrogens is 274 g/mol. The van der Waals surface area contributed by atoms with Crippen LogP contribution in [-0.2, 0) is 6.54 Å². The van der Waals surface area contributed by atoms with E-state index in [1.54, 1.807) is 12.7 Å². The lowest BCUT2D eigenvalue weighted by atomic mass is 9.75. The lowest BCUT2D eigenvalue weighted by Gasteiger charge is -2.39. The van der Waals surface area contributed by atoms with E-state index < -0.39 is 0 Å². The molecule has 0 spiro atoms. The molecule has 1 aliphatic rings. The molecule has 0 atom stereocenters. The van der Waals surface area contributed by atoms with Crippen LogP contribution in [0, 0.1) is 0 Å². The fraction of sp³-hybridized carbons (Fsp3) is 0.412. The van der Waals surface area contributed by atoms with Gasteiger partial charge in [-0.2, -0.15) is 5.10 Å². The molecule has 0 radical (unpaired) electrons. The van der Waals surface area contributed by atoms with E-state index in [4.69, 9.17) is 0 Å². The van der Waals surface area contributed by atoms with Crippen molar-refractivity contribution < 1.29 is 0 Å². The number of hydrogen-bond acceptors (Lipinski definition) is 3. The zero-order valence-corrected chi connectivity index (χ0v) is 13.0. The first-order valence-electron chi connectivity index (χ1n) is 7.79. The molecule has 0 amide bonds. The van der Waals surface area contributed by atoms with E-state index in [1.165, 1.54) is 34.9 Å². The van der Waals surface area contributed by atoms with Gasteiger partial charge in [0.1, 0.15) is 12.7 Å². The van der Waals surface area contributed by atoms with E-state index >= 15 is 0 Å². The summed E-state index contributed by atoms with van der Waals surface area (Å²) in [6, 6.07) is 7.36. The van der Waals surface area contributed by atoms with Gasteiger partial charge < -0.3 is 9.88 Å². The zero-order chi connectivity index (χ0) is 15.1. The molecule has 5 heteroatoms. The number of hydrogen-bond donors (Lipinski definition) is 1. The highest BCUT2D eigenvalue weighted by molar-refractivity contribution is 5.84. The Morgan fingerprint density at radius 1 is 1.32 bits per heavy atom. The molecule has 1 saturated carbocycles. The van der Waals surface area contributed by atoms with Crippen LogP contribution in [0.25, 0.3) is 10.9 Å². The first-order chi connectivity index (χ1) is 10.7. The highest BCUT2D eigenvalue weighted by Gasteiger charge is 2.32. The Hall–Kier alpha value is -2.14. The largest absolute Gasteiger partial charge is 0.361 e. The van der Waals surface area contributed by atoms with Crippen molar-refractivity contribution in [2.24, 2.45) is 0 Å². The second-order valence-corrected chi connectivity index (χ2v) is 6.50. The van der Waals surface area contributed by atoms with Gasteiger partial charge in [-0.05, 0) is 56.1 Å². The molecule has 0 saturated heterocycles. The molecule has 2 heterocycles. The summed E-state index contributed by atoms with van der Waals surface area (Å²) >= 11 is 0. The summed E-state index contributed by atoms with van der Waals surface area (Å²) in [5.74, 6) is 0.683. The van der Waals surface area contributed by atoms with Crippen LogP contribution in [0.5, 0.6) is 0 Å². The molecule has 0 bridgehead atoms. The summed E-state index contributed by atoms with van der Waals surface area (Å²) in [7, 11) is 4.35. The smallest absolute Gasteiger partial charge is 0.137 e.